The van der Waals surface area contributed by atoms with Crippen molar-refractivity contribution in [1.82, 2.24) is 14.5 Å². The van der Waals surface area contributed by atoms with Gasteiger partial charge in [0, 0.05) is 17.5 Å². The summed E-state index contributed by atoms with van der Waals surface area (Å²) in [6, 6.07) is 14.2. The predicted molar refractivity (Wildman–Crippen MR) is 84.9 cm³/mol. The molecule has 0 unspecified atom stereocenters. The standard InChI is InChI=1S/C17H18N4/c1-12-8-9-15(10-19-12)16-17(18)21(13(2)20-16)11-14-6-4-3-5-7-14/h3-10H,11,18H2,1-2H3. The molecular formula is C17H18N4. The first-order valence-electron chi connectivity index (χ1n) is 6.94. The fourth-order valence-electron chi connectivity index (χ4n) is 2.37. The molecule has 4 heteroatoms. The van der Waals surface area contributed by atoms with E-state index in [1.165, 1.54) is 5.56 Å². The fraction of sp³-hybridized carbons (Fsp3) is 0.176. The molecule has 21 heavy (non-hydrogen) atoms. The summed E-state index contributed by atoms with van der Waals surface area (Å²) < 4.78 is 2.03. The second-order valence-electron chi connectivity index (χ2n) is 5.15. The third-order valence-electron chi connectivity index (χ3n) is 3.57. The molecule has 0 aliphatic rings. The van der Waals surface area contributed by atoms with Crippen molar-refractivity contribution in [3.8, 4) is 11.3 Å². The van der Waals surface area contributed by atoms with E-state index in [4.69, 9.17) is 5.73 Å². The van der Waals surface area contributed by atoms with Gasteiger partial charge in [-0.25, -0.2) is 4.98 Å². The van der Waals surface area contributed by atoms with Crippen molar-refractivity contribution >= 4 is 5.82 Å². The molecule has 106 valence electrons. The summed E-state index contributed by atoms with van der Waals surface area (Å²) in [6.45, 7) is 4.67. The second-order valence-corrected chi connectivity index (χ2v) is 5.15. The van der Waals surface area contributed by atoms with E-state index in [1.54, 1.807) is 0 Å². The molecule has 2 heterocycles. The lowest BCUT2D eigenvalue weighted by Crippen LogP contribution is -2.06. The Labute approximate surface area is 124 Å². The van der Waals surface area contributed by atoms with E-state index in [1.807, 2.05) is 54.9 Å². The molecule has 4 nitrogen and oxygen atoms in total. The predicted octanol–water partition coefficient (Wildman–Crippen LogP) is 3.19. The van der Waals surface area contributed by atoms with Gasteiger partial charge in [0.1, 0.15) is 17.3 Å². The Morgan fingerprint density at radius 3 is 2.48 bits per heavy atom. The molecule has 1 aromatic carbocycles. The van der Waals surface area contributed by atoms with E-state index in [2.05, 4.69) is 22.1 Å². The summed E-state index contributed by atoms with van der Waals surface area (Å²) in [5, 5.41) is 0. The van der Waals surface area contributed by atoms with Crippen LogP contribution in [0.2, 0.25) is 0 Å². The summed E-state index contributed by atoms with van der Waals surface area (Å²) in [5.74, 6) is 1.59. The molecule has 0 aliphatic heterocycles. The molecule has 2 aromatic heterocycles. The van der Waals surface area contributed by atoms with Crippen LogP contribution in [-0.4, -0.2) is 14.5 Å². The number of nitrogens with zero attached hydrogens (tertiary/aromatic N) is 3. The highest BCUT2D eigenvalue weighted by Gasteiger charge is 2.14. The van der Waals surface area contributed by atoms with Crippen LogP contribution in [0.3, 0.4) is 0 Å². The lowest BCUT2D eigenvalue weighted by atomic mass is 10.2. The highest BCUT2D eigenvalue weighted by Crippen LogP contribution is 2.26. The van der Waals surface area contributed by atoms with E-state index in [9.17, 15) is 0 Å². The van der Waals surface area contributed by atoms with Crippen LogP contribution in [0.25, 0.3) is 11.3 Å². The molecule has 2 N–H and O–H groups in total. The molecular weight excluding hydrogens is 260 g/mol. The summed E-state index contributed by atoms with van der Waals surface area (Å²) in [7, 11) is 0. The Morgan fingerprint density at radius 2 is 1.81 bits per heavy atom. The largest absolute Gasteiger partial charge is 0.383 e. The highest BCUT2D eigenvalue weighted by molar-refractivity contribution is 5.70. The van der Waals surface area contributed by atoms with E-state index >= 15 is 0 Å². The summed E-state index contributed by atoms with van der Waals surface area (Å²) in [5.41, 5.74) is 10.2. The SMILES string of the molecule is Cc1ccc(-c2nc(C)n(Cc3ccccc3)c2N)cn1. The zero-order valence-corrected chi connectivity index (χ0v) is 12.2. The van der Waals surface area contributed by atoms with Crippen LogP contribution < -0.4 is 5.73 Å². The number of imidazole rings is 1. The van der Waals surface area contributed by atoms with Gasteiger partial charge in [-0.05, 0) is 31.5 Å². The normalized spacial score (nSPS) is 10.8. The van der Waals surface area contributed by atoms with Crippen molar-refractivity contribution in [2.24, 2.45) is 0 Å². The monoisotopic (exact) mass is 278 g/mol. The van der Waals surface area contributed by atoms with Crippen molar-refractivity contribution in [1.29, 1.82) is 0 Å². The number of hydrogen-bond acceptors (Lipinski definition) is 3. The number of hydrogen-bond donors (Lipinski definition) is 1. The third-order valence-corrected chi connectivity index (χ3v) is 3.57. The van der Waals surface area contributed by atoms with Crippen LogP contribution in [0, 0.1) is 13.8 Å². The maximum atomic E-state index is 6.29. The van der Waals surface area contributed by atoms with Gasteiger partial charge in [0.25, 0.3) is 0 Å². The Balaban J connectivity index is 1.98. The molecule has 0 radical (unpaired) electrons. The minimum Gasteiger partial charge on any atom is -0.383 e. The number of aryl methyl sites for hydroxylation is 2. The highest BCUT2D eigenvalue weighted by atomic mass is 15.1. The lowest BCUT2D eigenvalue weighted by molar-refractivity contribution is 0.771. The van der Waals surface area contributed by atoms with Gasteiger partial charge in [0.15, 0.2) is 0 Å². The summed E-state index contributed by atoms with van der Waals surface area (Å²) >= 11 is 0. The van der Waals surface area contributed by atoms with Gasteiger partial charge in [-0.2, -0.15) is 0 Å². The zero-order chi connectivity index (χ0) is 14.8. The van der Waals surface area contributed by atoms with Crippen molar-refractivity contribution in [3.05, 3.63) is 65.7 Å². The quantitative estimate of drug-likeness (QED) is 0.800. The minimum absolute atomic E-state index is 0.682. The first-order chi connectivity index (χ1) is 10.1. The van der Waals surface area contributed by atoms with Crippen LogP contribution in [0.5, 0.6) is 0 Å². The number of nitrogens with two attached hydrogens (primary N) is 1. The number of rotatable bonds is 3. The number of anilines is 1. The average Bonchev–Trinajstić information content (AvgIpc) is 2.77. The molecule has 0 atom stereocenters. The molecule has 3 rings (SSSR count). The molecule has 0 spiro atoms. The van der Waals surface area contributed by atoms with E-state index < -0.39 is 0 Å². The zero-order valence-electron chi connectivity index (χ0n) is 12.2. The third kappa shape index (κ3) is 2.65. The maximum Gasteiger partial charge on any atom is 0.132 e. The van der Waals surface area contributed by atoms with Gasteiger partial charge >= 0.3 is 0 Å². The van der Waals surface area contributed by atoms with Gasteiger partial charge < -0.3 is 10.3 Å². The molecule has 0 saturated heterocycles. The molecule has 3 aromatic rings. The summed E-state index contributed by atoms with van der Waals surface area (Å²) in [6.07, 6.45) is 1.82. The minimum atomic E-state index is 0.682. The second kappa shape index (κ2) is 5.40. The van der Waals surface area contributed by atoms with Gasteiger partial charge in [-0.15, -0.1) is 0 Å². The fourth-order valence-corrected chi connectivity index (χ4v) is 2.37. The van der Waals surface area contributed by atoms with Crippen LogP contribution >= 0.6 is 0 Å². The van der Waals surface area contributed by atoms with E-state index in [0.717, 1.165) is 29.3 Å². The molecule has 0 bridgehead atoms. The molecule has 0 aliphatic carbocycles. The van der Waals surface area contributed by atoms with Crippen LogP contribution in [0.4, 0.5) is 5.82 Å². The van der Waals surface area contributed by atoms with Gasteiger partial charge in [0.05, 0.1) is 6.54 Å². The number of nitrogen functional groups attached to an aromatic ring is 1. The van der Waals surface area contributed by atoms with Crippen LogP contribution in [0.1, 0.15) is 17.1 Å². The van der Waals surface area contributed by atoms with Gasteiger partial charge in [-0.1, -0.05) is 30.3 Å². The van der Waals surface area contributed by atoms with Gasteiger partial charge in [0.2, 0.25) is 0 Å². The lowest BCUT2D eigenvalue weighted by Gasteiger charge is -2.08. The van der Waals surface area contributed by atoms with Gasteiger partial charge in [-0.3, -0.25) is 4.98 Å². The first kappa shape index (κ1) is 13.4. The van der Waals surface area contributed by atoms with Crippen molar-refractivity contribution < 1.29 is 0 Å². The number of benzene rings is 1. The summed E-state index contributed by atoms with van der Waals surface area (Å²) in [4.78, 5) is 8.92. The Kier molecular flexibility index (Phi) is 3.44. The van der Waals surface area contributed by atoms with Crippen molar-refractivity contribution in [2.75, 3.05) is 5.73 Å². The Hall–Kier alpha value is -2.62. The smallest absolute Gasteiger partial charge is 0.132 e. The Bertz CT molecular complexity index is 742. The number of pyridine rings is 1. The van der Waals surface area contributed by atoms with Crippen molar-refractivity contribution in [2.45, 2.75) is 20.4 Å². The molecule has 0 fully saturated rings. The van der Waals surface area contributed by atoms with Crippen LogP contribution in [0.15, 0.2) is 48.7 Å². The Morgan fingerprint density at radius 1 is 1.05 bits per heavy atom. The topological polar surface area (TPSA) is 56.7 Å². The van der Waals surface area contributed by atoms with Crippen molar-refractivity contribution in [3.63, 3.8) is 0 Å². The number of aromatic nitrogens is 3. The molecule has 0 amide bonds. The van der Waals surface area contributed by atoms with E-state index in [0.29, 0.717) is 5.82 Å². The van der Waals surface area contributed by atoms with Crippen LogP contribution in [-0.2, 0) is 6.54 Å². The first-order valence-corrected chi connectivity index (χ1v) is 6.94. The molecule has 0 saturated carbocycles. The average molecular weight is 278 g/mol. The van der Waals surface area contributed by atoms with E-state index in [-0.39, 0.29) is 0 Å². The maximum absolute atomic E-state index is 6.29.